The zero-order valence-electron chi connectivity index (χ0n) is 14.1. The first-order valence-electron chi connectivity index (χ1n) is 7.49. The van der Waals surface area contributed by atoms with Crippen molar-refractivity contribution in [1.29, 1.82) is 0 Å². The summed E-state index contributed by atoms with van der Waals surface area (Å²) in [6.45, 7) is 0. The van der Waals surface area contributed by atoms with Crippen LogP contribution in [0.25, 0.3) is 0 Å². The Hall–Kier alpha value is -3.29. The summed E-state index contributed by atoms with van der Waals surface area (Å²) in [6, 6.07) is 7.34. The lowest BCUT2D eigenvalue weighted by Gasteiger charge is -2.12. The molecular formula is C18H16F2N2O4. The molecule has 0 unspecified atom stereocenters. The van der Waals surface area contributed by atoms with Crippen LogP contribution in [-0.2, 0) is 6.42 Å². The largest absolute Gasteiger partial charge is 0.497 e. The molecule has 0 aliphatic carbocycles. The molecule has 0 heterocycles. The number of carboxylic acids is 1. The van der Waals surface area contributed by atoms with Crippen LogP contribution in [0.3, 0.4) is 0 Å². The normalized spacial score (nSPS) is 10.8. The highest BCUT2D eigenvalue weighted by Gasteiger charge is 2.16. The predicted octanol–water partition coefficient (Wildman–Crippen LogP) is 2.97. The van der Waals surface area contributed by atoms with Crippen LogP contribution in [0.2, 0.25) is 0 Å². The number of hydrogen-bond donors (Lipinski definition) is 1. The van der Waals surface area contributed by atoms with Gasteiger partial charge < -0.3 is 9.84 Å². The molecule has 0 spiro atoms. The highest BCUT2D eigenvalue weighted by molar-refractivity contribution is 5.94. The minimum atomic E-state index is -1.23. The van der Waals surface area contributed by atoms with Gasteiger partial charge in [-0.2, -0.15) is 5.10 Å². The van der Waals surface area contributed by atoms with E-state index in [-0.39, 0.29) is 28.9 Å². The van der Waals surface area contributed by atoms with E-state index in [1.54, 1.807) is 0 Å². The lowest BCUT2D eigenvalue weighted by Crippen LogP contribution is -2.22. The molecule has 0 saturated carbocycles. The fourth-order valence-electron chi connectivity index (χ4n) is 2.13. The van der Waals surface area contributed by atoms with Crippen molar-refractivity contribution in [3.63, 3.8) is 0 Å². The Morgan fingerprint density at radius 2 is 1.92 bits per heavy atom. The maximum Gasteiger partial charge on any atom is 0.335 e. The zero-order valence-corrected chi connectivity index (χ0v) is 14.1. The van der Waals surface area contributed by atoms with Crippen LogP contribution in [0.4, 0.5) is 8.78 Å². The number of hydrogen-bond acceptors (Lipinski definition) is 4. The Labute approximate surface area is 148 Å². The topological polar surface area (TPSA) is 79.2 Å². The summed E-state index contributed by atoms with van der Waals surface area (Å²) in [6.07, 6.45) is 1.31. The van der Waals surface area contributed by atoms with E-state index < -0.39 is 23.5 Å². The number of methoxy groups -OCH3 is 1. The van der Waals surface area contributed by atoms with Gasteiger partial charge in [0.15, 0.2) is 0 Å². The Morgan fingerprint density at radius 3 is 2.50 bits per heavy atom. The fraction of sp³-hybridized carbons (Fsp3) is 0.167. The number of carbonyl (C=O) groups is 2. The third kappa shape index (κ3) is 4.41. The number of rotatable bonds is 6. The third-order valence-corrected chi connectivity index (χ3v) is 3.57. The average molecular weight is 362 g/mol. The second-order valence-corrected chi connectivity index (χ2v) is 5.29. The smallest absolute Gasteiger partial charge is 0.335 e. The molecular weight excluding hydrogens is 346 g/mol. The molecule has 0 atom stereocenters. The minimum Gasteiger partial charge on any atom is -0.497 e. The van der Waals surface area contributed by atoms with Crippen LogP contribution in [0.15, 0.2) is 41.5 Å². The average Bonchev–Trinajstić information content (AvgIpc) is 2.61. The molecule has 2 aromatic carbocycles. The number of nitrogens with zero attached hydrogens (tertiary/aromatic N) is 2. The number of aromatic carboxylic acids is 1. The van der Waals surface area contributed by atoms with Crippen LogP contribution in [0.1, 0.15) is 26.3 Å². The molecule has 6 nitrogen and oxygen atoms in total. The SMILES string of the molecule is COc1ccc(C(=O)N(C)/N=C/Cc2ccc(C(=O)O)cc2F)c(F)c1. The van der Waals surface area contributed by atoms with Gasteiger partial charge >= 0.3 is 5.97 Å². The summed E-state index contributed by atoms with van der Waals surface area (Å²) < 4.78 is 32.6. The van der Waals surface area contributed by atoms with Gasteiger partial charge in [0.05, 0.1) is 18.2 Å². The van der Waals surface area contributed by atoms with Crippen LogP contribution >= 0.6 is 0 Å². The number of benzene rings is 2. The quantitative estimate of drug-likeness (QED) is 0.633. The Kier molecular flexibility index (Phi) is 6.00. The van der Waals surface area contributed by atoms with Gasteiger partial charge in [-0.1, -0.05) is 6.07 Å². The van der Waals surface area contributed by atoms with Gasteiger partial charge in [0, 0.05) is 25.7 Å². The van der Waals surface area contributed by atoms with E-state index in [0.29, 0.717) is 0 Å². The number of carbonyl (C=O) groups excluding carboxylic acids is 1. The highest BCUT2D eigenvalue weighted by atomic mass is 19.1. The summed E-state index contributed by atoms with van der Waals surface area (Å²) in [7, 11) is 2.72. The maximum atomic E-state index is 13.9. The second kappa shape index (κ2) is 8.19. The first-order valence-corrected chi connectivity index (χ1v) is 7.49. The first kappa shape index (κ1) is 19.0. The summed E-state index contributed by atoms with van der Waals surface area (Å²) in [5.41, 5.74) is -0.122. The molecule has 2 aromatic rings. The molecule has 0 radical (unpaired) electrons. The monoisotopic (exact) mass is 362 g/mol. The zero-order chi connectivity index (χ0) is 19.3. The van der Waals surface area contributed by atoms with Crippen molar-refractivity contribution in [1.82, 2.24) is 5.01 Å². The number of carboxylic acid groups (broad SMARTS) is 1. The predicted molar refractivity (Wildman–Crippen MR) is 90.6 cm³/mol. The van der Waals surface area contributed by atoms with Gasteiger partial charge in [-0.05, 0) is 29.8 Å². The van der Waals surface area contributed by atoms with Crippen molar-refractivity contribution in [3.8, 4) is 5.75 Å². The van der Waals surface area contributed by atoms with Crippen LogP contribution in [0.5, 0.6) is 5.75 Å². The van der Waals surface area contributed by atoms with Gasteiger partial charge in [0.25, 0.3) is 5.91 Å². The molecule has 0 aliphatic heterocycles. The molecule has 1 N–H and O–H groups in total. The van der Waals surface area contributed by atoms with Gasteiger partial charge in [0.1, 0.15) is 17.4 Å². The minimum absolute atomic E-state index is 0.0362. The van der Waals surface area contributed by atoms with Crippen molar-refractivity contribution in [2.75, 3.05) is 14.2 Å². The van der Waals surface area contributed by atoms with E-state index in [9.17, 15) is 18.4 Å². The molecule has 2 rings (SSSR count). The molecule has 0 aromatic heterocycles. The summed E-state index contributed by atoms with van der Waals surface area (Å²) in [4.78, 5) is 23.0. The third-order valence-electron chi connectivity index (χ3n) is 3.57. The summed E-state index contributed by atoms with van der Waals surface area (Å²) in [5, 5.41) is 13.6. The highest BCUT2D eigenvalue weighted by Crippen LogP contribution is 2.17. The standard InChI is InChI=1S/C18H16F2N2O4/c1-22(17(23)14-6-5-13(26-2)10-16(14)20)21-8-7-11-3-4-12(18(24)25)9-15(11)19/h3-6,8-10H,7H2,1-2H3,(H,24,25)/b21-8+. The van der Waals surface area contributed by atoms with E-state index in [1.807, 2.05) is 0 Å². The molecule has 0 bridgehead atoms. The number of hydrazone groups is 1. The molecule has 0 aliphatic rings. The van der Waals surface area contributed by atoms with Crippen molar-refractivity contribution < 1.29 is 28.2 Å². The van der Waals surface area contributed by atoms with E-state index in [4.69, 9.17) is 9.84 Å². The van der Waals surface area contributed by atoms with Crippen LogP contribution in [0, 0.1) is 11.6 Å². The van der Waals surface area contributed by atoms with Crippen LogP contribution in [-0.4, -0.2) is 42.4 Å². The Bertz CT molecular complexity index is 868. The fourth-order valence-corrected chi connectivity index (χ4v) is 2.13. The van der Waals surface area contributed by atoms with Gasteiger partial charge in [-0.25, -0.2) is 18.6 Å². The van der Waals surface area contributed by atoms with Gasteiger partial charge in [-0.15, -0.1) is 0 Å². The Balaban J connectivity index is 2.06. The molecule has 136 valence electrons. The number of amides is 1. The van der Waals surface area contributed by atoms with E-state index in [1.165, 1.54) is 44.6 Å². The van der Waals surface area contributed by atoms with E-state index >= 15 is 0 Å². The summed E-state index contributed by atoms with van der Waals surface area (Å²) >= 11 is 0. The molecule has 0 saturated heterocycles. The van der Waals surface area contributed by atoms with Crippen LogP contribution < -0.4 is 4.74 Å². The van der Waals surface area contributed by atoms with Crippen molar-refractivity contribution in [2.45, 2.75) is 6.42 Å². The molecule has 1 amide bonds. The lowest BCUT2D eigenvalue weighted by atomic mass is 10.1. The molecule has 8 heteroatoms. The van der Waals surface area contributed by atoms with E-state index in [2.05, 4.69) is 5.10 Å². The Morgan fingerprint density at radius 1 is 1.19 bits per heavy atom. The van der Waals surface area contributed by atoms with Gasteiger partial charge in [-0.3, -0.25) is 4.79 Å². The first-order chi connectivity index (χ1) is 12.3. The van der Waals surface area contributed by atoms with Crippen molar-refractivity contribution >= 4 is 18.1 Å². The van der Waals surface area contributed by atoms with Crippen molar-refractivity contribution in [2.24, 2.45) is 5.10 Å². The van der Waals surface area contributed by atoms with E-state index in [0.717, 1.165) is 17.1 Å². The van der Waals surface area contributed by atoms with Gasteiger partial charge in [0.2, 0.25) is 0 Å². The maximum absolute atomic E-state index is 13.9. The number of ether oxygens (including phenoxy) is 1. The second-order valence-electron chi connectivity index (χ2n) is 5.29. The summed E-state index contributed by atoms with van der Waals surface area (Å²) in [5.74, 6) is -3.05. The molecule has 26 heavy (non-hydrogen) atoms. The lowest BCUT2D eigenvalue weighted by molar-refractivity contribution is 0.0695. The molecule has 0 fully saturated rings. The van der Waals surface area contributed by atoms with Crippen molar-refractivity contribution in [3.05, 3.63) is 64.7 Å². The number of halogens is 2.